The van der Waals surface area contributed by atoms with Gasteiger partial charge in [-0.2, -0.15) is 0 Å². The number of nitrogens with one attached hydrogen (secondary N) is 1. The van der Waals surface area contributed by atoms with Gasteiger partial charge in [0.15, 0.2) is 5.16 Å². The van der Waals surface area contributed by atoms with Crippen LogP contribution < -0.4 is 5.32 Å². The number of imidazole rings is 1. The molecule has 0 bridgehead atoms. The van der Waals surface area contributed by atoms with Crippen LogP contribution in [0.15, 0.2) is 5.16 Å². The van der Waals surface area contributed by atoms with E-state index in [0.717, 1.165) is 23.1 Å². The van der Waals surface area contributed by atoms with Crippen LogP contribution >= 0.6 is 11.8 Å². The summed E-state index contributed by atoms with van der Waals surface area (Å²) in [6.07, 6.45) is 0. The fourth-order valence-corrected chi connectivity index (χ4v) is 2.70. The van der Waals surface area contributed by atoms with Gasteiger partial charge in [0.05, 0.1) is 18.1 Å². The number of methoxy groups -OCH3 is 1. The first-order chi connectivity index (χ1) is 9.86. The van der Waals surface area contributed by atoms with Crippen LogP contribution in [0.25, 0.3) is 0 Å². The number of aryl methyl sites for hydroxylation is 1. The highest BCUT2D eigenvalue weighted by Crippen LogP contribution is 2.21. The maximum atomic E-state index is 12.0. The highest BCUT2D eigenvalue weighted by molar-refractivity contribution is 7.99. The Bertz CT molecular complexity index is 472. The van der Waals surface area contributed by atoms with Crippen molar-refractivity contribution in [2.45, 2.75) is 52.4 Å². The number of rotatable bonds is 8. The number of carbonyl (C=O) groups excluding carboxylic acids is 1. The lowest BCUT2D eigenvalue weighted by Crippen LogP contribution is -2.37. The fraction of sp³-hybridized carbons (Fsp3) is 0.733. The first-order valence-electron chi connectivity index (χ1n) is 7.31. The SMILES string of the molecule is COCCn1c(SCC(=O)N[C@@H](C)C(C)C)nc(C)c1C. The minimum absolute atomic E-state index is 0.0535. The highest BCUT2D eigenvalue weighted by Gasteiger charge is 2.15. The summed E-state index contributed by atoms with van der Waals surface area (Å²) >= 11 is 1.48. The Morgan fingerprint density at radius 2 is 2.05 bits per heavy atom. The molecule has 0 spiro atoms. The third-order valence-electron chi connectivity index (χ3n) is 3.66. The topological polar surface area (TPSA) is 56.1 Å². The van der Waals surface area contributed by atoms with Gasteiger partial charge in [0.25, 0.3) is 0 Å². The molecule has 0 unspecified atom stereocenters. The van der Waals surface area contributed by atoms with Gasteiger partial charge in [-0.05, 0) is 26.7 Å². The minimum atomic E-state index is 0.0535. The van der Waals surface area contributed by atoms with E-state index in [-0.39, 0.29) is 11.9 Å². The molecule has 0 aliphatic heterocycles. The molecule has 6 heteroatoms. The molecule has 0 aliphatic carbocycles. The normalized spacial score (nSPS) is 12.7. The number of aromatic nitrogens is 2. The molecule has 0 saturated heterocycles. The molecule has 5 nitrogen and oxygen atoms in total. The molecule has 1 atom stereocenters. The van der Waals surface area contributed by atoms with Crippen molar-refractivity contribution in [1.82, 2.24) is 14.9 Å². The van der Waals surface area contributed by atoms with Crippen LogP contribution in [0.4, 0.5) is 0 Å². The summed E-state index contributed by atoms with van der Waals surface area (Å²) in [6.45, 7) is 11.7. The number of amides is 1. The second-order valence-electron chi connectivity index (χ2n) is 5.60. The number of hydrogen-bond donors (Lipinski definition) is 1. The standard InChI is InChI=1S/C15H27N3O2S/c1-10(2)11(3)16-14(19)9-21-15-17-12(4)13(5)18(15)7-8-20-6/h10-11H,7-9H2,1-6H3,(H,16,19)/t11-/m0/s1. The molecule has 0 fully saturated rings. The largest absolute Gasteiger partial charge is 0.383 e. The number of hydrogen-bond acceptors (Lipinski definition) is 4. The molecule has 0 radical (unpaired) electrons. The fourth-order valence-electron chi connectivity index (χ4n) is 1.77. The number of carbonyl (C=O) groups is 1. The third-order valence-corrected chi connectivity index (χ3v) is 4.64. The van der Waals surface area contributed by atoms with E-state index in [1.54, 1.807) is 7.11 Å². The van der Waals surface area contributed by atoms with E-state index in [1.807, 2.05) is 20.8 Å². The van der Waals surface area contributed by atoms with Crippen molar-refractivity contribution in [2.24, 2.45) is 5.92 Å². The van der Waals surface area contributed by atoms with Gasteiger partial charge in [-0.3, -0.25) is 4.79 Å². The van der Waals surface area contributed by atoms with Gasteiger partial charge in [0.2, 0.25) is 5.91 Å². The second kappa shape index (κ2) is 8.44. The van der Waals surface area contributed by atoms with E-state index in [4.69, 9.17) is 4.74 Å². The molecular weight excluding hydrogens is 286 g/mol. The van der Waals surface area contributed by atoms with Crippen molar-refractivity contribution < 1.29 is 9.53 Å². The van der Waals surface area contributed by atoms with Crippen LogP contribution in [0.3, 0.4) is 0 Å². The summed E-state index contributed by atoms with van der Waals surface area (Å²) in [5.74, 6) is 0.879. The molecule has 1 amide bonds. The predicted octanol–water partition coefficient (Wildman–Crippen LogP) is 2.40. The van der Waals surface area contributed by atoms with E-state index in [1.165, 1.54) is 11.8 Å². The number of thioether (sulfide) groups is 1. The molecule has 1 heterocycles. The van der Waals surface area contributed by atoms with E-state index in [9.17, 15) is 4.79 Å². The molecular formula is C15H27N3O2S. The van der Waals surface area contributed by atoms with Gasteiger partial charge in [0.1, 0.15) is 0 Å². The summed E-state index contributed by atoms with van der Waals surface area (Å²) in [5.41, 5.74) is 2.13. The molecule has 0 aliphatic rings. The van der Waals surface area contributed by atoms with Crippen molar-refractivity contribution in [3.05, 3.63) is 11.4 Å². The summed E-state index contributed by atoms with van der Waals surface area (Å²) in [4.78, 5) is 16.5. The summed E-state index contributed by atoms with van der Waals surface area (Å²) < 4.78 is 7.25. The quantitative estimate of drug-likeness (QED) is 0.749. The zero-order chi connectivity index (χ0) is 16.0. The number of nitrogens with zero attached hydrogens (tertiary/aromatic N) is 2. The minimum Gasteiger partial charge on any atom is -0.383 e. The van der Waals surface area contributed by atoms with Crippen LogP contribution in [-0.4, -0.2) is 41.0 Å². The van der Waals surface area contributed by atoms with Gasteiger partial charge in [-0.15, -0.1) is 0 Å². The Kier molecular flexibility index (Phi) is 7.25. The Morgan fingerprint density at radius 1 is 1.38 bits per heavy atom. The van der Waals surface area contributed by atoms with Crippen LogP contribution in [0.5, 0.6) is 0 Å². The maximum Gasteiger partial charge on any atom is 0.230 e. The van der Waals surface area contributed by atoms with Crippen LogP contribution in [-0.2, 0) is 16.1 Å². The third kappa shape index (κ3) is 5.36. The first kappa shape index (κ1) is 18.0. The monoisotopic (exact) mass is 313 g/mol. The number of ether oxygens (including phenoxy) is 1. The summed E-state index contributed by atoms with van der Waals surface area (Å²) in [6, 6.07) is 0.190. The van der Waals surface area contributed by atoms with E-state index >= 15 is 0 Å². The van der Waals surface area contributed by atoms with Crippen molar-refractivity contribution in [3.8, 4) is 0 Å². The smallest absolute Gasteiger partial charge is 0.230 e. The summed E-state index contributed by atoms with van der Waals surface area (Å²) in [7, 11) is 1.69. The van der Waals surface area contributed by atoms with Crippen molar-refractivity contribution >= 4 is 17.7 Å². The Balaban J connectivity index is 2.62. The average molecular weight is 313 g/mol. The lowest BCUT2D eigenvalue weighted by atomic mass is 10.1. The first-order valence-corrected chi connectivity index (χ1v) is 8.30. The Hall–Kier alpha value is -1.01. The average Bonchev–Trinajstić information content (AvgIpc) is 2.69. The van der Waals surface area contributed by atoms with Crippen LogP contribution in [0.2, 0.25) is 0 Å². The molecule has 0 aromatic carbocycles. The van der Waals surface area contributed by atoms with Crippen molar-refractivity contribution in [3.63, 3.8) is 0 Å². The zero-order valence-corrected chi connectivity index (χ0v) is 14.7. The molecule has 1 rings (SSSR count). The van der Waals surface area contributed by atoms with Crippen LogP contribution in [0.1, 0.15) is 32.2 Å². The van der Waals surface area contributed by atoms with Crippen molar-refractivity contribution in [1.29, 1.82) is 0 Å². The van der Waals surface area contributed by atoms with Gasteiger partial charge >= 0.3 is 0 Å². The van der Waals surface area contributed by atoms with E-state index < -0.39 is 0 Å². The molecule has 21 heavy (non-hydrogen) atoms. The zero-order valence-electron chi connectivity index (χ0n) is 13.9. The molecule has 1 aromatic heterocycles. The maximum absolute atomic E-state index is 12.0. The molecule has 120 valence electrons. The Labute approximate surface area is 131 Å². The van der Waals surface area contributed by atoms with Gasteiger partial charge in [0, 0.05) is 25.4 Å². The van der Waals surface area contributed by atoms with Gasteiger partial charge < -0.3 is 14.6 Å². The van der Waals surface area contributed by atoms with Crippen LogP contribution in [0, 0.1) is 19.8 Å². The van der Waals surface area contributed by atoms with E-state index in [0.29, 0.717) is 18.3 Å². The molecule has 1 aromatic rings. The molecule has 0 saturated carbocycles. The Morgan fingerprint density at radius 3 is 2.62 bits per heavy atom. The summed E-state index contributed by atoms with van der Waals surface area (Å²) in [5, 5.41) is 3.90. The lowest BCUT2D eigenvalue weighted by Gasteiger charge is -2.17. The highest BCUT2D eigenvalue weighted by atomic mass is 32.2. The van der Waals surface area contributed by atoms with Gasteiger partial charge in [-0.25, -0.2) is 4.98 Å². The van der Waals surface area contributed by atoms with E-state index in [2.05, 4.69) is 28.7 Å². The lowest BCUT2D eigenvalue weighted by molar-refractivity contribution is -0.119. The molecule has 1 N–H and O–H groups in total. The van der Waals surface area contributed by atoms with Crippen molar-refractivity contribution in [2.75, 3.05) is 19.5 Å². The van der Waals surface area contributed by atoms with Gasteiger partial charge in [-0.1, -0.05) is 25.6 Å². The second-order valence-corrected chi connectivity index (χ2v) is 6.54. The predicted molar refractivity (Wildman–Crippen MR) is 86.7 cm³/mol.